The molecule has 1 aliphatic heterocycles. The SMILES string of the molecule is O=C(NCc1ccc(F)cc1F)C1CCCCCN1. The van der Waals surface area contributed by atoms with Gasteiger partial charge in [-0.25, -0.2) is 8.78 Å². The molecule has 1 atom stereocenters. The van der Waals surface area contributed by atoms with Crippen LogP contribution in [0.3, 0.4) is 0 Å². The van der Waals surface area contributed by atoms with Crippen molar-refractivity contribution in [2.24, 2.45) is 0 Å². The first-order chi connectivity index (χ1) is 9.16. The maximum absolute atomic E-state index is 13.4. The number of nitrogens with one attached hydrogen (secondary N) is 2. The van der Waals surface area contributed by atoms with Gasteiger partial charge in [0, 0.05) is 18.2 Å². The Labute approximate surface area is 111 Å². The summed E-state index contributed by atoms with van der Waals surface area (Å²) in [5.74, 6) is -1.36. The van der Waals surface area contributed by atoms with Crippen LogP contribution in [-0.4, -0.2) is 18.5 Å². The fraction of sp³-hybridized carbons (Fsp3) is 0.500. The van der Waals surface area contributed by atoms with Gasteiger partial charge in [-0.2, -0.15) is 0 Å². The van der Waals surface area contributed by atoms with Crippen molar-refractivity contribution in [3.8, 4) is 0 Å². The van der Waals surface area contributed by atoms with Crippen LogP contribution in [0, 0.1) is 11.6 Å². The maximum Gasteiger partial charge on any atom is 0.237 e. The topological polar surface area (TPSA) is 41.1 Å². The summed E-state index contributed by atoms with van der Waals surface area (Å²) in [7, 11) is 0. The molecule has 0 radical (unpaired) electrons. The van der Waals surface area contributed by atoms with E-state index in [0.29, 0.717) is 5.56 Å². The van der Waals surface area contributed by atoms with Gasteiger partial charge in [0.25, 0.3) is 0 Å². The van der Waals surface area contributed by atoms with E-state index < -0.39 is 11.6 Å². The molecule has 1 aliphatic rings. The highest BCUT2D eigenvalue weighted by molar-refractivity contribution is 5.81. The van der Waals surface area contributed by atoms with Crippen LogP contribution in [0.2, 0.25) is 0 Å². The summed E-state index contributed by atoms with van der Waals surface area (Å²) in [5, 5.41) is 5.87. The van der Waals surface area contributed by atoms with Crippen molar-refractivity contribution in [2.45, 2.75) is 38.3 Å². The van der Waals surface area contributed by atoms with Crippen LogP contribution in [0.1, 0.15) is 31.2 Å². The first kappa shape index (κ1) is 13.9. The molecule has 5 heteroatoms. The van der Waals surface area contributed by atoms with E-state index >= 15 is 0 Å². The van der Waals surface area contributed by atoms with Gasteiger partial charge in [-0.3, -0.25) is 4.79 Å². The molecule has 0 aliphatic carbocycles. The number of benzene rings is 1. The van der Waals surface area contributed by atoms with Gasteiger partial charge in [0.15, 0.2) is 0 Å². The summed E-state index contributed by atoms with van der Waals surface area (Å²) in [6, 6.07) is 3.16. The average Bonchev–Trinajstić information content (AvgIpc) is 2.66. The van der Waals surface area contributed by atoms with Crippen molar-refractivity contribution in [2.75, 3.05) is 6.54 Å². The third kappa shape index (κ3) is 3.99. The van der Waals surface area contributed by atoms with Crippen LogP contribution in [0.25, 0.3) is 0 Å². The molecule has 0 aromatic heterocycles. The van der Waals surface area contributed by atoms with E-state index in [9.17, 15) is 13.6 Å². The molecular weight excluding hydrogens is 250 g/mol. The van der Waals surface area contributed by atoms with E-state index in [1.54, 1.807) is 0 Å². The minimum absolute atomic E-state index is 0.0864. The fourth-order valence-corrected chi connectivity index (χ4v) is 2.22. The molecular formula is C14H18F2N2O. The zero-order valence-electron chi connectivity index (χ0n) is 10.7. The van der Waals surface area contributed by atoms with Crippen molar-refractivity contribution in [3.63, 3.8) is 0 Å². The summed E-state index contributed by atoms with van der Waals surface area (Å²) in [4.78, 5) is 11.9. The molecule has 2 rings (SSSR count). The molecule has 1 heterocycles. The van der Waals surface area contributed by atoms with Gasteiger partial charge in [0.1, 0.15) is 11.6 Å². The predicted molar refractivity (Wildman–Crippen MR) is 68.5 cm³/mol. The van der Waals surface area contributed by atoms with Gasteiger partial charge in [-0.15, -0.1) is 0 Å². The second kappa shape index (κ2) is 6.61. The van der Waals surface area contributed by atoms with E-state index in [1.807, 2.05) is 0 Å². The minimum atomic E-state index is -0.630. The zero-order valence-corrected chi connectivity index (χ0v) is 10.7. The summed E-state index contributed by atoms with van der Waals surface area (Å²) >= 11 is 0. The normalized spacial score (nSPS) is 19.8. The summed E-state index contributed by atoms with van der Waals surface area (Å²) in [6.45, 7) is 0.923. The second-order valence-electron chi connectivity index (χ2n) is 4.81. The number of carbonyl (C=O) groups is 1. The Morgan fingerprint density at radius 1 is 1.32 bits per heavy atom. The average molecular weight is 268 g/mol. The van der Waals surface area contributed by atoms with Crippen LogP contribution in [0.15, 0.2) is 18.2 Å². The van der Waals surface area contributed by atoms with Gasteiger partial charge in [-0.1, -0.05) is 18.9 Å². The highest BCUT2D eigenvalue weighted by Gasteiger charge is 2.19. The lowest BCUT2D eigenvalue weighted by Crippen LogP contribution is -2.43. The largest absolute Gasteiger partial charge is 0.351 e. The smallest absolute Gasteiger partial charge is 0.237 e. The quantitative estimate of drug-likeness (QED) is 0.881. The number of halogens is 2. The summed E-state index contributed by atoms with van der Waals surface area (Å²) < 4.78 is 26.1. The molecule has 19 heavy (non-hydrogen) atoms. The van der Waals surface area contributed by atoms with Gasteiger partial charge < -0.3 is 10.6 Å². The molecule has 1 amide bonds. The molecule has 1 aromatic rings. The Hall–Kier alpha value is -1.49. The highest BCUT2D eigenvalue weighted by Crippen LogP contribution is 2.11. The Morgan fingerprint density at radius 3 is 2.95 bits per heavy atom. The molecule has 0 bridgehead atoms. The van der Waals surface area contributed by atoms with Crippen LogP contribution in [0.5, 0.6) is 0 Å². The van der Waals surface area contributed by atoms with Gasteiger partial charge >= 0.3 is 0 Å². The van der Waals surface area contributed by atoms with Crippen molar-refractivity contribution in [1.29, 1.82) is 0 Å². The van der Waals surface area contributed by atoms with Gasteiger partial charge in [0.05, 0.1) is 6.04 Å². The Balaban J connectivity index is 1.88. The van der Waals surface area contributed by atoms with E-state index in [1.165, 1.54) is 12.1 Å². The molecule has 1 unspecified atom stereocenters. The fourth-order valence-electron chi connectivity index (χ4n) is 2.22. The lowest BCUT2D eigenvalue weighted by atomic mass is 10.1. The summed E-state index contributed by atoms with van der Waals surface area (Å²) in [5.41, 5.74) is 0.295. The van der Waals surface area contributed by atoms with Gasteiger partial charge in [0.2, 0.25) is 5.91 Å². The van der Waals surface area contributed by atoms with Crippen molar-refractivity contribution in [1.82, 2.24) is 10.6 Å². The van der Waals surface area contributed by atoms with E-state index in [4.69, 9.17) is 0 Å². The minimum Gasteiger partial charge on any atom is -0.351 e. The first-order valence-electron chi connectivity index (χ1n) is 6.62. The van der Waals surface area contributed by atoms with Crippen LogP contribution in [0.4, 0.5) is 8.78 Å². The van der Waals surface area contributed by atoms with Crippen molar-refractivity contribution < 1.29 is 13.6 Å². The van der Waals surface area contributed by atoms with Crippen LogP contribution >= 0.6 is 0 Å². The molecule has 1 saturated heterocycles. The second-order valence-corrected chi connectivity index (χ2v) is 4.81. The maximum atomic E-state index is 13.4. The van der Waals surface area contributed by atoms with E-state index in [-0.39, 0.29) is 18.5 Å². The third-order valence-electron chi connectivity index (χ3n) is 3.34. The molecule has 2 N–H and O–H groups in total. The molecule has 3 nitrogen and oxygen atoms in total. The van der Waals surface area contributed by atoms with Gasteiger partial charge in [-0.05, 0) is 25.5 Å². The number of hydrogen-bond acceptors (Lipinski definition) is 2. The number of hydrogen-bond donors (Lipinski definition) is 2. The summed E-state index contributed by atoms with van der Waals surface area (Å²) in [6.07, 6.45) is 4.04. The third-order valence-corrected chi connectivity index (χ3v) is 3.34. The van der Waals surface area contributed by atoms with Crippen molar-refractivity contribution >= 4 is 5.91 Å². The van der Waals surface area contributed by atoms with E-state index in [0.717, 1.165) is 38.3 Å². The van der Waals surface area contributed by atoms with Crippen LogP contribution in [-0.2, 0) is 11.3 Å². The lowest BCUT2D eigenvalue weighted by Gasteiger charge is -2.15. The Bertz CT molecular complexity index is 443. The standard InChI is InChI=1S/C14H18F2N2O/c15-11-6-5-10(12(16)8-11)9-18-14(19)13-4-2-1-3-7-17-13/h5-6,8,13,17H,1-4,7,9H2,(H,18,19). The first-order valence-corrected chi connectivity index (χ1v) is 6.62. The molecule has 0 spiro atoms. The number of rotatable bonds is 3. The zero-order chi connectivity index (χ0) is 13.7. The molecule has 1 aromatic carbocycles. The van der Waals surface area contributed by atoms with E-state index in [2.05, 4.69) is 10.6 Å². The van der Waals surface area contributed by atoms with Crippen molar-refractivity contribution in [3.05, 3.63) is 35.4 Å². The lowest BCUT2D eigenvalue weighted by molar-refractivity contribution is -0.123. The van der Waals surface area contributed by atoms with Crippen LogP contribution < -0.4 is 10.6 Å². The Kier molecular flexibility index (Phi) is 4.85. The molecule has 0 saturated carbocycles. The predicted octanol–water partition coefficient (Wildman–Crippen LogP) is 2.11. The number of amides is 1. The highest BCUT2D eigenvalue weighted by atomic mass is 19.1. The molecule has 1 fully saturated rings. The Morgan fingerprint density at radius 2 is 2.16 bits per heavy atom. The number of carbonyl (C=O) groups excluding carboxylic acids is 1. The molecule has 104 valence electrons. The monoisotopic (exact) mass is 268 g/mol.